The highest BCUT2D eigenvalue weighted by molar-refractivity contribution is 5.93. The second kappa shape index (κ2) is 7.24. The van der Waals surface area contributed by atoms with Crippen molar-refractivity contribution in [2.24, 2.45) is 0 Å². The van der Waals surface area contributed by atoms with Gasteiger partial charge in [0.1, 0.15) is 5.69 Å². The van der Waals surface area contributed by atoms with E-state index in [-0.39, 0.29) is 5.91 Å². The van der Waals surface area contributed by atoms with E-state index in [9.17, 15) is 4.79 Å². The molecule has 0 aromatic carbocycles. The monoisotopic (exact) mass is 276 g/mol. The van der Waals surface area contributed by atoms with Gasteiger partial charge in [-0.3, -0.25) is 14.7 Å². The summed E-state index contributed by atoms with van der Waals surface area (Å²) in [6.07, 6.45) is 2.86. The first-order valence-corrected chi connectivity index (χ1v) is 7.46. The van der Waals surface area contributed by atoms with Gasteiger partial charge in [-0.25, -0.2) is 0 Å². The summed E-state index contributed by atoms with van der Waals surface area (Å²) in [5.41, 5.74) is 1.49. The third-order valence-corrected chi connectivity index (χ3v) is 3.56. The van der Waals surface area contributed by atoms with Gasteiger partial charge in [-0.15, -0.1) is 0 Å². The minimum absolute atomic E-state index is 0.0425. The molecule has 0 bridgehead atoms. The molecule has 2 rings (SSSR count). The number of hydrogen-bond donors (Lipinski definition) is 1. The Morgan fingerprint density at radius 3 is 2.70 bits per heavy atom. The zero-order valence-electron chi connectivity index (χ0n) is 12.4. The highest BCUT2D eigenvalue weighted by Gasteiger charge is 2.22. The van der Waals surface area contributed by atoms with E-state index in [1.165, 1.54) is 6.42 Å². The molecule has 5 heteroatoms. The van der Waals surface area contributed by atoms with E-state index in [1.54, 1.807) is 6.20 Å². The first kappa shape index (κ1) is 14.8. The van der Waals surface area contributed by atoms with Crippen molar-refractivity contribution in [3.8, 4) is 0 Å². The molecule has 1 aliphatic heterocycles. The lowest BCUT2D eigenvalue weighted by molar-refractivity contribution is 0.0632. The minimum Gasteiger partial charge on any atom is -0.385 e. The maximum Gasteiger partial charge on any atom is 0.272 e. The lowest BCUT2D eigenvalue weighted by Crippen LogP contribution is -2.48. The molecule has 1 aromatic heterocycles. The minimum atomic E-state index is 0.0425. The summed E-state index contributed by atoms with van der Waals surface area (Å²) in [6.45, 7) is 9.71. The number of rotatable bonds is 5. The largest absolute Gasteiger partial charge is 0.385 e. The Morgan fingerprint density at radius 2 is 2.05 bits per heavy atom. The van der Waals surface area contributed by atoms with Gasteiger partial charge in [-0.05, 0) is 32.0 Å². The van der Waals surface area contributed by atoms with Gasteiger partial charge >= 0.3 is 0 Å². The van der Waals surface area contributed by atoms with Gasteiger partial charge in [0.15, 0.2) is 0 Å². The Bertz CT molecular complexity index is 441. The van der Waals surface area contributed by atoms with Crippen LogP contribution in [0.1, 0.15) is 30.8 Å². The van der Waals surface area contributed by atoms with Gasteiger partial charge in [0.05, 0.1) is 0 Å². The van der Waals surface area contributed by atoms with Gasteiger partial charge in [-0.1, -0.05) is 6.92 Å². The molecule has 0 radical (unpaired) electrons. The molecule has 1 aliphatic rings. The van der Waals surface area contributed by atoms with Crippen LogP contribution in [0.4, 0.5) is 5.69 Å². The smallest absolute Gasteiger partial charge is 0.272 e. The van der Waals surface area contributed by atoms with Gasteiger partial charge in [-0.2, -0.15) is 0 Å². The fourth-order valence-corrected chi connectivity index (χ4v) is 2.51. The van der Waals surface area contributed by atoms with Gasteiger partial charge in [0.2, 0.25) is 0 Å². The normalized spacial score (nSPS) is 16.2. The van der Waals surface area contributed by atoms with Crippen LogP contribution in [0.3, 0.4) is 0 Å². The molecule has 1 saturated heterocycles. The van der Waals surface area contributed by atoms with Crippen molar-refractivity contribution < 1.29 is 4.79 Å². The molecule has 0 saturated carbocycles. The van der Waals surface area contributed by atoms with E-state index in [2.05, 4.69) is 22.1 Å². The molecular weight excluding hydrogens is 252 g/mol. The predicted molar refractivity (Wildman–Crippen MR) is 81.0 cm³/mol. The highest BCUT2D eigenvalue weighted by Crippen LogP contribution is 2.12. The molecule has 5 nitrogen and oxygen atoms in total. The molecule has 0 unspecified atom stereocenters. The number of pyridine rings is 1. The third-order valence-electron chi connectivity index (χ3n) is 3.56. The van der Waals surface area contributed by atoms with Gasteiger partial charge in [0.25, 0.3) is 5.91 Å². The fraction of sp³-hybridized carbons (Fsp3) is 0.600. The number of carbonyl (C=O) groups excluding carboxylic acids is 1. The van der Waals surface area contributed by atoms with Crippen molar-refractivity contribution in [3.63, 3.8) is 0 Å². The zero-order valence-corrected chi connectivity index (χ0v) is 12.4. The van der Waals surface area contributed by atoms with E-state index < -0.39 is 0 Å². The van der Waals surface area contributed by atoms with Crippen LogP contribution in [-0.4, -0.2) is 60.0 Å². The molecule has 1 fully saturated rings. The van der Waals surface area contributed by atoms with Crippen LogP contribution in [0.25, 0.3) is 0 Å². The van der Waals surface area contributed by atoms with Gasteiger partial charge in [0, 0.05) is 44.6 Å². The average molecular weight is 276 g/mol. The number of carbonyl (C=O) groups is 1. The van der Waals surface area contributed by atoms with Crippen LogP contribution >= 0.6 is 0 Å². The number of nitrogens with one attached hydrogen (secondary N) is 1. The Hall–Kier alpha value is -1.62. The van der Waals surface area contributed by atoms with Crippen LogP contribution in [0.5, 0.6) is 0 Å². The van der Waals surface area contributed by atoms with Gasteiger partial charge < -0.3 is 10.2 Å². The van der Waals surface area contributed by atoms with Crippen molar-refractivity contribution in [2.45, 2.75) is 20.3 Å². The van der Waals surface area contributed by atoms with Crippen LogP contribution in [0.15, 0.2) is 18.3 Å². The highest BCUT2D eigenvalue weighted by atomic mass is 16.2. The van der Waals surface area contributed by atoms with Crippen molar-refractivity contribution in [1.29, 1.82) is 0 Å². The first-order valence-electron chi connectivity index (χ1n) is 7.46. The SMILES string of the molecule is CCCN1CCN(C(=O)c2cc(NCC)ccn2)CC1. The Balaban J connectivity index is 1.96. The predicted octanol–water partition coefficient (Wildman–Crippen LogP) is 1.68. The second-order valence-electron chi connectivity index (χ2n) is 5.09. The Kier molecular flexibility index (Phi) is 5.35. The van der Waals surface area contributed by atoms with Crippen LogP contribution < -0.4 is 5.32 Å². The summed E-state index contributed by atoms with van der Waals surface area (Å²) < 4.78 is 0. The zero-order chi connectivity index (χ0) is 14.4. The fourth-order valence-electron chi connectivity index (χ4n) is 2.51. The Morgan fingerprint density at radius 1 is 1.30 bits per heavy atom. The third kappa shape index (κ3) is 3.70. The van der Waals surface area contributed by atoms with E-state index in [0.717, 1.165) is 45.0 Å². The summed E-state index contributed by atoms with van der Waals surface area (Å²) in [7, 11) is 0. The molecule has 110 valence electrons. The summed E-state index contributed by atoms with van der Waals surface area (Å²) in [6, 6.07) is 3.73. The van der Waals surface area contributed by atoms with Crippen molar-refractivity contribution in [1.82, 2.24) is 14.8 Å². The number of piperazine rings is 1. The molecule has 1 N–H and O–H groups in total. The lowest BCUT2D eigenvalue weighted by Gasteiger charge is -2.34. The average Bonchev–Trinajstić information content (AvgIpc) is 2.48. The number of anilines is 1. The van der Waals surface area contributed by atoms with E-state index in [4.69, 9.17) is 0 Å². The van der Waals surface area contributed by atoms with Crippen LogP contribution in [-0.2, 0) is 0 Å². The standard InChI is InChI=1S/C15H24N4O/c1-3-7-18-8-10-19(11-9-18)15(20)14-12-13(16-4-2)5-6-17-14/h5-6,12H,3-4,7-11H2,1-2H3,(H,16,17). The molecule has 0 aliphatic carbocycles. The van der Waals surface area contributed by atoms with Crippen molar-refractivity contribution in [3.05, 3.63) is 24.0 Å². The topological polar surface area (TPSA) is 48.5 Å². The molecule has 1 aromatic rings. The molecular formula is C15H24N4O. The number of nitrogens with zero attached hydrogens (tertiary/aromatic N) is 3. The van der Waals surface area contributed by atoms with E-state index in [0.29, 0.717) is 5.69 Å². The molecule has 20 heavy (non-hydrogen) atoms. The number of hydrogen-bond acceptors (Lipinski definition) is 4. The van der Waals surface area contributed by atoms with Crippen LogP contribution in [0.2, 0.25) is 0 Å². The van der Waals surface area contributed by atoms with E-state index >= 15 is 0 Å². The molecule has 2 heterocycles. The second-order valence-corrected chi connectivity index (χ2v) is 5.09. The quantitative estimate of drug-likeness (QED) is 0.889. The number of aromatic nitrogens is 1. The molecule has 0 atom stereocenters. The van der Waals surface area contributed by atoms with Crippen molar-refractivity contribution in [2.75, 3.05) is 44.6 Å². The lowest BCUT2D eigenvalue weighted by atomic mass is 10.2. The van der Waals surface area contributed by atoms with Crippen molar-refractivity contribution >= 4 is 11.6 Å². The first-order chi connectivity index (χ1) is 9.74. The van der Waals surface area contributed by atoms with E-state index in [1.807, 2.05) is 24.0 Å². The maximum atomic E-state index is 12.4. The summed E-state index contributed by atoms with van der Waals surface area (Å²) in [5, 5.41) is 3.21. The summed E-state index contributed by atoms with van der Waals surface area (Å²) >= 11 is 0. The maximum absolute atomic E-state index is 12.4. The molecule has 0 spiro atoms. The number of amides is 1. The summed E-state index contributed by atoms with van der Waals surface area (Å²) in [5.74, 6) is 0.0425. The molecule has 1 amide bonds. The Labute approximate surface area is 121 Å². The summed E-state index contributed by atoms with van der Waals surface area (Å²) in [4.78, 5) is 21.0. The van der Waals surface area contributed by atoms with Crippen LogP contribution in [0, 0.1) is 0 Å².